The number of aliphatic hydroxyl groups is 1. The van der Waals surface area contributed by atoms with Crippen LogP contribution in [0.25, 0.3) is 0 Å². The van der Waals surface area contributed by atoms with E-state index in [0.717, 1.165) is 32.2 Å². The monoisotopic (exact) mass is 266 g/mol. The maximum atomic E-state index is 12.7. The normalized spacial score (nSPS) is 26.1. The van der Waals surface area contributed by atoms with Crippen LogP contribution in [-0.4, -0.2) is 48.3 Å². The molecule has 0 saturated carbocycles. The van der Waals surface area contributed by atoms with Crippen molar-refractivity contribution in [3.05, 3.63) is 0 Å². The Morgan fingerprint density at radius 1 is 1.47 bits per heavy atom. The van der Waals surface area contributed by atoms with E-state index in [0.29, 0.717) is 26.1 Å². The number of aliphatic hydroxyl groups excluding tert-OH is 1. The molecule has 0 aromatic heterocycles. The van der Waals surface area contributed by atoms with Crippen LogP contribution in [0.3, 0.4) is 0 Å². The van der Waals surface area contributed by atoms with E-state index in [1.807, 2.05) is 4.90 Å². The second-order valence-electron chi connectivity index (χ2n) is 5.47. The lowest BCUT2D eigenvalue weighted by Gasteiger charge is -2.35. The Bertz CT molecular complexity index is 358. The molecule has 0 aromatic carbocycles. The van der Waals surface area contributed by atoms with E-state index in [9.17, 15) is 10.1 Å². The first-order valence-corrected chi connectivity index (χ1v) is 7.14. The van der Waals surface area contributed by atoms with Crippen LogP contribution < -0.4 is 0 Å². The summed E-state index contributed by atoms with van der Waals surface area (Å²) in [6, 6.07) is 2.45. The highest BCUT2D eigenvalue weighted by Crippen LogP contribution is 2.35. The Labute approximate surface area is 114 Å². The van der Waals surface area contributed by atoms with Gasteiger partial charge in [0.2, 0.25) is 5.91 Å². The second-order valence-corrected chi connectivity index (χ2v) is 5.47. The van der Waals surface area contributed by atoms with Gasteiger partial charge in [-0.1, -0.05) is 0 Å². The molecule has 5 nitrogen and oxygen atoms in total. The number of rotatable bonds is 4. The fourth-order valence-corrected chi connectivity index (χ4v) is 3.10. The molecule has 0 aromatic rings. The molecule has 1 unspecified atom stereocenters. The quantitative estimate of drug-likeness (QED) is 0.826. The average Bonchev–Trinajstić information content (AvgIpc) is 2.93. The predicted octanol–water partition coefficient (Wildman–Crippen LogP) is 1.07. The molecule has 1 atom stereocenters. The maximum Gasteiger partial charge on any atom is 0.243 e. The summed E-state index contributed by atoms with van der Waals surface area (Å²) < 4.78 is 5.28. The Hall–Kier alpha value is -1.12. The molecule has 2 saturated heterocycles. The van der Waals surface area contributed by atoms with Gasteiger partial charge in [-0.2, -0.15) is 5.26 Å². The lowest BCUT2D eigenvalue weighted by molar-refractivity contribution is -0.144. The number of carbonyl (C=O) groups excluding carboxylic acids is 1. The molecular formula is C14H22N2O3. The van der Waals surface area contributed by atoms with Gasteiger partial charge in [0.05, 0.1) is 6.07 Å². The second kappa shape index (κ2) is 6.36. The van der Waals surface area contributed by atoms with Gasteiger partial charge in [0.15, 0.2) is 0 Å². The van der Waals surface area contributed by atoms with Crippen molar-refractivity contribution < 1.29 is 14.6 Å². The third-order valence-corrected chi connectivity index (χ3v) is 4.30. The maximum absolute atomic E-state index is 12.7. The largest absolute Gasteiger partial charge is 0.396 e. The third kappa shape index (κ3) is 2.90. The average molecular weight is 266 g/mol. The van der Waals surface area contributed by atoms with E-state index < -0.39 is 5.41 Å². The van der Waals surface area contributed by atoms with Crippen LogP contribution in [0.4, 0.5) is 0 Å². The number of nitrogens with zero attached hydrogens (tertiary/aromatic N) is 2. The van der Waals surface area contributed by atoms with E-state index in [1.54, 1.807) is 0 Å². The Morgan fingerprint density at radius 3 is 2.84 bits per heavy atom. The zero-order chi connectivity index (χ0) is 13.7. The first-order valence-electron chi connectivity index (χ1n) is 7.14. The SMILES string of the molecule is N#CC1(C(=O)N2CCCC2CCCO)CCOCC1. The smallest absolute Gasteiger partial charge is 0.243 e. The van der Waals surface area contributed by atoms with Crippen molar-refractivity contribution in [3.63, 3.8) is 0 Å². The van der Waals surface area contributed by atoms with Gasteiger partial charge in [-0.25, -0.2) is 0 Å². The molecule has 19 heavy (non-hydrogen) atoms. The van der Waals surface area contributed by atoms with Crippen molar-refractivity contribution in [2.45, 2.75) is 44.6 Å². The number of hydrogen-bond donors (Lipinski definition) is 1. The zero-order valence-electron chi connectivity index (χ0n) is 11.3. The number of nitriles is 1. The van der Waals surface area contributed by atoms with Crippen molar-refractivity contribution in [2.24, 2.45) is 5.41 Å². The standard InChI is InChI=1S/C14H22N2O3/c15-11-14(5-9-19-10-6-14)13(18)16-7-1-3-12(16)4-2-8-17/h12,17H,1-10H2. The van der Waals surface area contributed by atoms with Crippen molar-refractivity contribution in [2.75, 3.05) is 26.4 Å². The number of amides is 1. The molecule has 2 aliphatic rings. The zero-order valence-corrected chi connectivity index (χ0v) is 11.3. The van der Waals surface area contributed by atoms with Gasteiger partial charge in [-0.15, -0.1) is 0 Å². The molecule has 2 heterocycles. The lowest BCUT2D eigenvalue weighted by atomic mass is 9.80. The summed E-state index contributed by atoms with van der Waals surface area (Å²) in [6.07, 6.45) is 4.55. The number of carbonyl (C=O) groups is 1. The van der Waals surface area contributed by atoms with Crippen LogP contribution >= 0.6 is 0 Å². The number of likely N-dealkylation sites (tertiary alicyclic amines) is 1. The molecule has 1 amide bonds. The molecule has 2 fully saturated rings. The first kappa shape index (κ1) is 14.3. The van der Waals surface area contributed by atoms with Crippen LogP contribution in [0.5, 0.6) is 0 Å². The highest BCUT2D eigenvalue weighted by molar-refractivity contribution is 5.86. The first-order chi connectivity index (χ1) is 9.23. The van der Waals surface area contributed by atoms with Crippen LogP contribution in [0.15, 0.2) is 0 Å². The minimum atomic E-state index is -0.875. The van der Waals surface area contributed by atoms with Crippen LogP contribution in [0.1, 0.15) is 38.5 Å². The van der Waals surface area contributed by atoms with Gasteiger partial charge in [0.25, 0.3) is 0 Å². The van der Waals surface area contributed by atoms with E-state index in [2.05, 4.69) is 6.07 Å². The molecule has 0 aliphatic carbocycles. The van der Waals surface area contributed by atoms with Gasteiger partial charge >= 0.3 is 0 Å². The van der Waals surface area contributed by atoms with E-state index in [1.165, 1.54) is 0 Å². The summed E-state index contributed by atoms with van der Waals surface area (Å²) >= 11 is 0. The highest BCUT2D eigenvalue weighted by Gasteiger charge is 2.45. The summed E-state index contributed by atoms with van der Waals surface area (Å²) in [6.45, 7) is 1.90. The summed E-state index contributed by atoms with van der Waals surface area (Å²) in [5.41, 5.74) is -0.875. The highest BCUT2D eigenvalue weighted by atomic mass is 16.5. The summed E-state index contributed by atoms with van der Waals surface area (Å²) in [5.74, 6) is -0.0151. The van der Waals surface area contributed by atoms with Crippen molar-refractivity contribution in [1.29, 1.82) is 5.26 Å². The Kier molecular flexibility index (Phi) is 4.78. The van der Waals surface area contributed by atoms with E-state index >= 15 is 0 Å². The van der Waals surface area contributed by atoms with Gasteiger partial charge in [-0.05, 0) is 38.5 Å². The molecule has 0 radical (unpaired) electrons. The number of ether oxygens (including phenoxy) is 1. The lowest BCUT2D eigenvalue weighted by Crippen LogP contribution is -2.48. The molecule has 0 bridgehead atoms. The minimum Gasteiger partial charge on any atom is -0.396 e. The van der Waals surface area contributed by atoms with Gasteiger partial charge in [-0.3, -0.25) is 4.79 Å². The third-order valence-electron chi connectivity index (χ3n) is 4.30. The molecule has 5 heteroatoms. The summed E-state index contributed by atoms with van der Waals surface area (Å²) in [5, 5.41) is 18.4. The topological polar surface area (TPSA) is 73.6 Å². The molecule has 1 N–H and O–H groups in total. The molecule has 2 aliphatic heterocycles. The van der Waals surface area contributed by atoms with Crippen molar-refractivity contribution in [1.82, 2.24) is 4.90 Å². The predicted molar refractivity (Wildman–Crippen MR) is 69.2 cm³/mol. The van der Waals surface area contributed by atoms with Gasteiger partial charge in [0, 0.05) is 32.4 Å². The fourth-order valence-electron chi connectivity index (χ4n) is 3.10. The van der Waals surface area contributed by atoms with Crippen LogP contribution in [0.2, 0.25) is 0 Å². The molecule has 2 rings (SSSR count). The minimum absolute atomic E-state index is 0.0151. The summed E-state index contributed by atoms with van der Waals surface area (Å²) in [4.78, 5) is 14.6. The molecular weight excluding hydrogens is 244 g/mol. The van der Waals surface area contributed by atoms with E-state index in [-0.39, 0.29) is 18.6 Å². The Morgan fingerprint density at radius 2 is 2.21 bits per heavy atom. The Balaban J connectivity index is 2.06. The van der Waals surface area contributed by atoms with Crippen molar-refractivity contribution >= 4 is 5.91 Å². The number of hydrogen-bond acceptors (Lipinski definition) is 4. The van der Waals surface area contributed by atoms with E-state index in [4.69, 9.17) is 9.84 Å². The molecule has 106 valence electrons. The van der Waals surface area contributed by atoms with Gasteiger partial charge < -0.3 is 14.7 Å². The molecule has 0 spiro atoms. The van der Waals surface area contributed by atoms with Gasteiger partial charge in [0.1, 0.15) is 5.41 Å². The van der Waals surface area contributed by atoms with Crippen LogP contribution in [0, 0.1) is 16.7 Å². The summed E-state index contributed by atoms with van der Waals surface area (Å²) in [7, 11) is 0. The fraction of sp³-hybridized carbons (Fsp3) is 0.857. The van der Waals surface area contributed by atoms with Crippen LogP contribution in [-0.2, 0) is 9.53 Å². The van der Waals surface area contributed by atoms with Crippen molar-refractivity contribution in [3.8, 4) is 6.07 Å².